The number of anilines is 1. The first-order valence-electron chi connectivity index (χ1n) is 6.20. The van der Waals surface area contributed by atoms with Gasteiger partial charge in [-0.25, -0.2) is 0 Å². The van der Waals surface area contributed by atoms with Crippen LogP contribution in [0.1, 0.15) is 10.4 Å². The van der Waals surface area contributed by atoms with Gasteiger partial charge in [0.1, 0.15) is 6.20 Å². The molecule has 1 N–H and O–H groups in total. The van der Waals surface area contributed by atoms with Crippen LogP contribution in [-0.2, 0) is 0 Å². The van der Waals surface area contributed by atoms with Gasteiger partial charge in [-0.3, -0.25) is 19.9 Å². The van der Waals surface area contributed by atoms with E-state index in [1.165, 1.54) is 17.2 Å². The maximum absolute atomic E-state index is 12.5. The van der Waals surface area contributed by atoms with Gasteiger partial charge in [-0.05, 0) is 12.1 Å². The Kier molecular flexibility index (Phi) is 4.57. The molecule has 2 aromatic rings. The molecule has 0 aliphatic heterocycles. The number of para-hydroxylation sites is 1. The minimum absolute atomic E-state index is 0.0888. The molecule has 0 aliphatic rings. The Labute approximate surface area is 120 Å². The standard InChI is InChI=1S/C14H13N3O4/c18-7-6-16(12-4-2-1-3-5-12)14(19)11-8-13(17(20)21)10-15-9-11/h1-5,8-10,18H,6-7H2. The van der Waals surface area contributed by atoms with Crippen molar-refractivity contribution in [2.75, 3.05) is 18.1 Å². The van der Waals surface area contributed by atoms with Crippen LogP contribution in [-0.4, -0.2) is 34.1 Å². The van der Waals surface area contributed by atoms with Crippen LogP contribution >= 0.6 is 0 Å². The quantitative estimate of drug-likeness (QED) is 0.666. The molecule has 1 aromatic carbocycles. The number of pyridine rings is 1. The van der Waals surface area contributed by atoms with E-state index in [9.17, 15) is 14.9 Å². The van der Waals surface area contributed by atoms with Crippen molar-refractivity contribution in [3.8, 4) is 0 Å². The van der Waals surface area contributed by atoms with Crippen LogP contribution in [0.3, 0.4) is 0 Å². The highest BCUT2D eigenvalue weighted by Gasteiger charge is 2.19. The second-order valence-electron chi connectivity index (χ2n) is 4.20. The molecule has 1 amide bonds. The van der Waals surface area contributed by atoms with Crippen molar-refractivity contribution < 1.29 is 14.8 Å². The van der Waals surface area contributed by atoms with Crippen LogP contribution in [0.25, 0.3) is 0 Å². The number of amides is 1. The third-order valence-electron chi connectivity index (χ3n) is 2.82. The highest BCUT2D eigenvalue weighted by Crippen LogP contribution is 2.18. The van der Waals surface area contributed by atoms with Crippen molar-refractivity contribution in [1.29, 1.82) is 0 Å². The minimum atomic E-state index is -0.608. The molecular formula is C14H13N3O4. The predicted molar refractivity (Wildman–Crippen MR) is 76.1 cm³/mol. The number of hydrogen-bond acceptors (Lipinski definition) is 5. The zero-order valence-electron chi connectivity index (χ0n) is 11.0. The molecule has 0 aliphatic carbocycles. The monoisotopic (exact) mass is 287 g/mol. The summed E-state index contributed by atoms with van der Waals surface area (Å²) in [4.78, 5) is 27.7. The molecule has 7 heteroatoms. The van der Waals surface area contributed by atoms with Crippen molar-refractivity contribution in [1.82, 2.24) is 4.98 Å². The zero-order chi connectivity index (χ0) is 15.2. The molecule has 0 atom stereocenters. The largest absolute Gasteiger partial charge is 0.395 e. The van der Waals surface area contributed by atoms with Crippen molar-refractivity contribution in [2.45, 2.75) is 0 Å². The first-order chi connectivity index (χ1) is 10.1. The Morgan fingerprint density at radius 2 is 2.00 bits per heavy atom. The number of rotatable bonds is 5. The van der Waals surface area contributed by atoms with Gasteiger partial charge in [0, 0.05) is 24.5 Å². The van der Waals surface area contributed by atoms with Gasteiger partial charge < -0.3 is 10.0 Å². The summed E-state index contributed by atoms with van der Waals surface area (Å²) in [6.45, 7) is -0.130. The molecular weight excluding hydrogens is 274 g/mol. The van der Waals surface area contributed by atoms with E-state index < -0.39 is 10.8 Å². The summed E-state index contributed by atoms with van der Waals surface area (Å²) in [5, 5.41) is 19.9. The summed E-state index contributed by atoms with van der Waals surface area (Å²) in [7, 11) is 0. The van der Waals surface area contributed by atoms with Gasteiger partial charge in [-0.2, -0.15) is 0 Å². The van der Waals surface area contributed by atoms with Gasteiger partial charge in [-0.15, -0.1) is 0 Å². The lowest BCUT2D eigenvalue weighted by Gasteiger charge is -2.21. The van der Waals surface area contributed by atoms with Gasteiger partial charge in [-0.1, -0.05) is 18.2 Å². The number of benzene rings is 1. The van der Waals surface area contributed by atoms with Crippen molar-refractivity contribution in [3.63, 3.8) is 0 Å². The third kappa shape index (κ3) is 3.40. The lowest BCUT2D eigenvalue weighted by atomic mass is 10.2. The highest BCUT2D eigenvalue weighted by atomic mass is 16.6. The predicted octanol–water partition coefficient (Wildman–Crippen LogP) is 1.63. The fourth-order valence-electron chi connectivity index (χ4n) is 1.86. The maximum Gasteiger partial charge on any atom is 0.288 e. The summed E-state index contributed by atoms with van der Waals surface area (Å²) < 4.78 is 0. The van der Waals surface area contributed by atoms with Gasteiger partial charge in [0.25, 0.3) is 11.6 Å². The van der Waals surface area contributed by atoms with Gasteiger partial charge in [0.15, 0.2) is 0 Å². The molecule has 0 unspecified atom stereocenters. The molecule has 0 saturated carbocycles. The van der Waals surface area contributed by atoms with E-state index in [2.05, 4.69) is 4.98 Å². The lowest BCUT2D eigenvalue weighted by Crippen LogP contribution is -2.33. The first-order valence-corrected chi connectivity index (χ1v) is 6.20. The Bertz CT molecular complexity index is 646. The van der Waals surface area contributed by atoms with Gasteiger partial charge in [0.2, 0.25) is 0 Å². The van der Waals surface area contributed by atoms with Crippen LogP contribution in [0.15, 0.2) is 48.8 Å². The van der Waals surface area contributed by atoms with E-state index in [0.717, 1.165) is 6.20 Å². The number of aliphatic hydroxyl groups excluding tert-OH is 1. The Balaban J connectivity index is 2.35. The van der Waals surface area contributed by atoms with Crippen LogP contribution in [0.2, 0.25) is 0 Å². The maximum atomic E-state index is 12.5. The molecule has 0 fully saturated rings. The number of hydrogen-bond donors (Lipinski definition) is 1. The molecule has 21 heavy (non-hydrogen) atoms. The molecule has 0 radical (unpaired) electrons. The number of nitrogens with zero attached hydrogens (tertiary/aromatic N) is 3. The molecule has 0 spiro atoms. The number of aromatic nitrogens is 1. The highest BCUT2D eigenvalue weighted by molar-refractivity contribution is 6.06. The van der Waals surface area contributed by atoms with Crippen molar-refractivity contribution in [2.24, 2.45) is 0 Å². The van der Waals surface area contributed by atoms with E-state index in [1.807, 2.05) is 0 Å². The fraction of sp³-hybridized carbons (Fsp3) is 0.143. The van der Waals surface area contributed by atoms with E-state index in [4.69, 9.17) is 5.11 Å². The smallest absolute Gasteiger partial charge is 0.288 e. The fourth-order valence-corrected chi connectivity index (χ4v) is 1.86. The average molecular weight is 287 g/mol. The summed E-state index contributed by atoms with van der Waals surface area (Å²) >= 11 is 0. The summed E-state index contributed by atoms with van der Waals surface area (Å²) in [5.41, 5.74) is 0.447. The Morgan fingerprint density at radius 3 is 2.62 bits per heavy atom. The number of carbonyl (C=O) groups excluding carboxylic acids is 1. The molecule has 1 aromatic heterocycles. The Morgan fingerprint density at radius 1 is 1.29 bits per heavy atom. The SMILES string of the molecule is O=C(c1cncc([N+](=O)[O-])c1)N(CCO)c1ccccc1. The second-order valence-corrected chi connectivity index (χ2v) is 4.20. The summed E-state index contributed by atoms with van der Waals surface area (Å²) in [6.07, 6.45) is 2.35. The number of carbonyl (C=O) groups is 1. The number of aliphatic hydroxyl groups is 1. The molecule has 1 heterocycles. The third-order valence-corrected chi connectivity index (χ3v) is 2.82. The van der Waals surface area contributed by atoms with Crippen molar-refractivity contribution in [3.05, 3.63) is 64.5 Å². The van der Waals surface area contributed by atoms with E-state index in [1.54, 1.807) is 30.3 Å². The van der Waals surface area contributed by atoms with Crippen LogP contribution in [0.4, 0.5) is 11.4 Å². The van der Waals surface area contributed by atoms with E-state index in [-0.39, 0.29) is 24.4 Å². The Hall–Kier alpha value is -2.80. The second kappa shape index (κ2) is 6.58. The van der Waals surface area contributed by atoms with Crippen LogP contribution in [0, 0.1) is 10.1 Å². The molecule has 108 valence electrons. The van der Waals surface area contributed by atoms with Crippen LogP contribution < -0.4 is 4.90 Å². The average Bonchev–Trinajstić information content (AvgIpc) is 2.53. The zero-order valence-corrected chi connectivity index (χ0v) is 11.0. The molecule has 2 rings (SSSR count). The molecule has 7 nitrogen and oxygen atoms in total. The summed E-state index contributed by atoms with van der Waals surface area (Å²) in [6, 6.07) is 9.94. The molecule has 0 saturated heterocycles. The first kappa shape index (κ1) is 14.6. The van der Waals surface area contributed by atoms with Gasteiger partial charge in [0.05, 0.1) is 17.1 Å². The minimum Gasteiger partial charge on any atom is -0.395 e. The van der Waals surface area contributed by atoms with Crippen molar-refractivity contribution >= 4 is 17.3 Å². The lowest BCUT2D eigenvalue weighted by molar-refractivity contribution is -0.385. The van der Waals surface area contributed by atoms with E-state index in [0.29, 0.717) is 5.69 Å². The normalized spacial score (nSPS) is 10.1. The molecule has 0 bridgehead atoms. The van der Waals surface area contributed by atoms with E-state index >= 15 is 0 Å². The van der Waals surface area contributed by atoms with Crippen LogP contribution in [0.5, 0.6) is 0 Å². The summed E-state index contributed by atoms with van der Waals surface area (Å²) in [5.74, 6) is -0.452. The number of nitro groups is 1. The van der Waals surface area contributed by atoms with Gasteiger partial charge >= 0.3 is 0 Å². The topological polar surface area (TPSA) is 96.6 Å².